The van der Waals surface area contributed by atoms with E-state index in [4.69, 9.17) is 0 Å². The molecule has 0 bridgehead atoms. The van der Waals surface area contributed by atoms with Crippen LogP contribution in [0.15, 0.2) is 60.8 Å². The third-order valence-electron chi connectivity index (χ3n) is 6.09. The molecule has 0 saturated carbocycles. The van der Waals surface area contributed by atoms with Crippen molar-refractivity contribution >= 4 is 29.0 Å². The number of pyridine rings is 1. The Labute approximate surface area is 192 Å². The molecule has 0 atom stereocenters. The molecule has 0 aliphatic carbocycles. The van der Waals surface area contributed by atoms with E-state index in [9.17, 15) is 14.0 Å². The molecule has 1 aromatic heterocycles. The van der Waals surface area contributed by atoms with Crippen LogP contribution in [0.25, 0.3) is 0 Å². The van der Waals surface area contributed by atoms with E-state index in [0.29, 0.717) is 37.3 Å². The maximum Gasteiger partial charge on any atom is 0.255 e. The lowest BCUT2D eigenvalue weighted by molar-refractivity contribution is -0.120. The first kappa shape index (κ1) is 22.5. The van der Waals surface area contributed by atoms with Crippen molar-refractivity contribution in [3.8, 4) is 0 Å². The highest BCUT2D eigenvalue weighted by molar-refractivity contribution is 6.04. The summed E-state index contributed by atoms with van der Waals surface area (Å²) in [4.78, 5) is 31.8. The lowest BCUT2D eigenvalue weighted by Crippen LogP contribution is -2.38. The van der Waals surface area contributed by atoms with Crippen LogP contribution in [-0.4, -0.2) is 29.9 Å². The van der Waals surface area contributed by atoms with Gasteiger partial charge in [-0.15, -0.1) is 0 Å². The van der Waals surface area contributed by atoms with Gasteiger partial charge in [0.1, 0.15) is 11.6 Å². The summed E-state index contributed by atoms with van der Waals surface area (Å²) in [6, 6.07) is 15.3. The van der Waals surface area contributed by atoms with Gasteiger partial charge < -0.3 is 15.5 Å². The zero-order valence-electron chi connectivity index (χ0n) is 18.8. The summed E-state index contributed by atoms with van der Waals surface area (Å²) in [5, 5.41) is 5.63. The second-order valence-electron chi connectivity index (χ2n) is 8.39. The monoisotopic (exact) mass is 446 g/mol. The fourth-order valence-corrected chi connectivity index (χ4v) is 3.92. The number of anilines is 3. The molecule has 1 fully saturated rings. The zero-order chi connectivity index (χ0) is 23.4. The smallest absolute Gasteiger partial charge is 0.255 e. The van der Waals surface area contributed by atoms with Crippen molar-refractivity contribution < 1.29 is 14.0 Å². The van der Waals surface area contributed by atoms with Crippen molar-refractivity contribution in [1.29, 1.82) is 0 Å². The Morgan fingerprint density at radius 1 is 0.970 bits per heavy atom. The van der Waals surface area contributed by atoms with Crippen LogP contribution in [0.2, 0.25) is 0 Å². The Hall–Kier alpha value is -3.74. The van der Waals surface area contributed by atoms with Gasteiger partial charge >= 0.3 is 0 Å². The molecule has 6 nitrogen and oxygen atoms in total. The summed E-state index contributed by atoms with van der Waals surface area (Å²) in [7, 11) is 0. The van der Waals surface area contributed by atoms with Crippen LogP contribution in [-0.2, 0) is 4.79 Å². The van der Waals surface area contributed by atoms with Crippen LogP contribution in [0.3, 0.4) is 0 Å². The van der Waals surface area contributed by atoms with Crippen LogP contribution >= 0.6 is 0 Å². The van der Waals surface area contributed by atoms with Gasteiger partial charge in [0.2, 0.25) is 5.91 Å². The molecule has 2 aromatic carbocycles. The SMILES string of the molecule is Cc1ccc(NC(=O)C2CCN(c3cc(C(=O)Nc4ccccc4F)ccn3)CC2)cc1C. The summed E-state index contributed by atoms with van der Waals surface area (Å²) in [6.07, 6.45) is 2.97. The number of hydrogen-bond donors (Lipinski definition) is 2. The fourth-order valence-electron chi connectivity index (χ4n) is 3.92. The third-order valence-corrected chi connectivity index (χ3v) is 6.09. The molecule has 1 saturated heterocycles. The normalized spacial score (nSPS) is 14.1. The quantitative estimate of drug-likeness (QED) is 0.582. The summed E-state index contributed by atoms with van der Waals surface area (Å²) in [5.41, 5.74) is 3.70. The predicted molar refractivity (Wildman–Crippen MR) is 128 cm³/mol. The topological polar surface area (TPSA) is 74.3 Å². The van der Waals surface area contributed by atoms with E-state index in [1.165, 1.54) is 17.7 Å². The van der Waals surface area contributed by atoms with E-state index in [1.807, 2.05) is 32.0 Å². The number of halogens is 1. The van der Waals surface area contributed by atoms with Crippen LogP contribution in [0.5, 0.6) is 0 Å². The van der Waals surface area contributed by atoms with E-state index in [0.717, 1.165) is 11.3 Å². The Morgan fingerprint density at radius 3 is 2.45 bits per heavy atom. The van der Waals surface area contributed by atoms with Gasteiger partial charge in [-0.25, -0.2) is 9.37 Å². The lowest BCUT2D eigenvalue weighted by Gasteiger charge is -2.32. The number of carbonyl (C=O) groups excluding carboxylic acids is 2. The number of benzene rings is 2. The van der Waals surface area contributed by atoms with E-state index in [-0.39, 0.29) is 17.5 Å². The first-order chi connectivity index (χ1) is 15.9. The van der Waals surface area contributed by atoms with Gasteiger partial charge in [0.15, 0.2) is 0 Å². The highest BCUT2D eigenvalue weighted by Crippen LogP contribution is 2.25. The van der Waals surface area contributed by atoms with Crippen LogP contribution < -0.4 is 15.5 Å². The molecule has 0 spiro atoms. The van der Waals surface area contributed by atoms with Gasteiger partial charge in [-0.05, 0) is 74.2 Å². The summed E-state index contributed by atoms with van der Waals surface area (Å²) in [5.74, 6) is -0.254. The maximum absolute atomic E-state index is 13.8. The highest BCUT2D eigenvalue weighted by Gasteiger charge is 2.26. The van der Waals surface area contributed by atoms with Gasteiger partial charge in [0.25, 0.3) is 5.91 Å². The molecule has 7 heteroatoms. The lowest BCUT2D eigenvalue weighted by atomic mass is 9.95. The molecule has 2 heterocycles. The zero-order valence-corrected chi connectivity index (χ0v) is 18.8. The Balaban J connectivity index is 1.35. The number of hydrogen-bond acceptors (Lipinski definition) is 4. The summed E-state index contributed by atoms with van der Waals surface area (Å²) >= 11 is 0. The Bertz CT molecular complexity index is 1170. The number of carbonyl (C=O) groups is 2. The summed E-state index contributed by atoms with van der Waals surface area (Å²) < 4.78 is 13.8. The molecule has 170 valence electrons. The third kappa shape index (κ3) is 5.37. The average Bonchev–Trinajstić information content (AvgIpc) is 2.83. The molecular formula is C26H27FN4O2. The second kappa shape index (κ2) is 9.81. The second-order valence-corrected chi connectivity index (χ2v) is 8.39. The Morgan fingerprint density at radius 2 is 1.73 bits per heavy atom. The van der Waals surface area contributed by atoms with E-state index >= 15 is 0 Å². The number of amides is 2. The van der Waals surface area contributed by atoms with Crippen LogP contribution in [0.4, 0.5) is 21.6 Å². The van der Waals surface area contributed by atoms with Crippen LogP contribution in [0.1, 0.15) is 34.3 Å². The van der Waals surface area contributed by atoms with Gasteiger partial charge in [0, 0.05) is 36.5 Å². The number of nitrogens with zero attached hydrogens (tertiary/aromatic N) is 2. The van der Waals surface area contributed by atoms with Crippen molar-refractivity contribution in [3.63, 3.8) is 0 Å². The maximum atomic E-state index is 13.8. The molecule has 0 radical (unpaired) electrons. The van der Waals surface area contributed by atoms with E-state index in [2.05, 4.69) is 20.5 Å². The van der Waals surface area contributed by atoms with Gasteiger partial charge in [-0.2, -0.15) is 0 Å². The number of aromatic nitrogens is 1. The van der Waals surface area contributed by atoms with Crippen molar-refractivity contribution in [1.82, 2.24) is 4.98 Å². The molecule has 2 amide bonds. The first-order valence-electron chi connectivity index (χ1n) is 11.1. The molecule has 1 aliphatic rings. The van der Waals surface area contributed by atoms with Gasteiger partial charge in [-0.3, -0.25) is 9.59 Å². The van der Waals surface area contributed by atoms with Crippen molar-refractivity contribution in [2.75, 3.05) is 28.6 Å². The van der Waals surface area contributed by atoms with E-state index < -0.39 is 11.7 Å². The van der Waals surface area contributed by atoms with Gasteiger partial charge in [-0.1, -0.05) is 18.2 Å². The van der Waals surface area contributed by atoms with Crippen molar-refractivity contribution in [2.45, 2.75) is 26.7 Å². The molecular weight excluding hydrogens is 419 g/mol. The fraction of sp³-hybridized carbons (Fsp3) is 0.269. The number of aryl methyl sites for hydroxylation is 2. The highest BCUT2D eigenvalue weighted by atomic mass is 19.1. The molecule has 3 aromatic rings. The van der Waals surface area contributed by atoms with E-state index in [1.54, 1.807) is 30.5 Å². The number of piperidine rings is 1. The van der Waals surface area contributed by atoms with Crippen molar-refractivity contribution in [2.24, 2.45) is 5.92 Å². The minimum Gasteiger partial charge on any atom is -0.357 e. The predicted octanol–water partition coefficient (Wildman–Crippen LogP) is 4.94. The minimum absolute atomic E-state index is 0.0314. The molecule has 1 aliphatic heterocycles. The van der Waals surface area contributed by atoms with Crippen molar-refractivity contribution in [3.05, 3.63) is 83.3 Å². The first-order valence-corrected chi connectivity index (χ1v) is 11.1. The molecule has 0 unspecified atom stereocenters. The number of rotatable bonds is 5. The molecule has 2 N–H and O–H groups in total. The van der Waals surface area contributed by atoms with Crippen LogP contribution in [0, 0.1) is 25.6 Å². The van der Waals surface area contributed by atoms with Gasteiger partial charge in [0.05, 0.1) is 5.69 Å². The average molecular weight is 447 g/mol. The Kier molecular flexibility index (Phi) is 6.68. The number of nitrogens with one attached hydrogen (secondary N) is 2. The molecule has 33 heavy (non-hydrogen) atoms. The standard InChI is InChI=1S/C26H27FN4O2/c1-17-7-8-21(15-18(17)2)29-25(32)19-10-13-31(14-11-19)24-16-20(9-12-28-24)26(33)30-23-6-4-3-5-22(23)27/h3-9,12,15-16,19H,10-11,13-14H2,1-2H3,(H,29,32)(H,30,33). The summed E-state index contributed by atoms with van der Waals surface area (Å²) in [6.45, 7) is 5.40. The minimum atomic E-state index is -0.485. The number of para-hydroxylation sites is 1. The largest absolute Gasteiger partial charge is 0.357 e. The molecule has 4 rings (SSSR count).